The Balaban J connectivity index is 2.29. The lowest BCUT2D eigenvalue weighted by Gasteiger charge is -2.09. The Hall–Kier alpha value is -3.66. The van der Waals surface area contributed by atoms with Gasteiger partial charge in [0.1, 0.15) is 0 Å². The maximum Gasteiger partial charge on any atom is 0.234 e. The summed E-state index contributed by atoms with van der Waals surface area (Å²) in [6.45, 7) is 7.56. The zero-order valence-electron chi connectivity index (χ0n) is 13.5. The van der Waals surface area contributed by atoms with Crippen LogP contribution in [-0.2, 0) is 0 Å². The fourth-order valence-corrected chi connectivity index (χ4v) is 4.08. The van der Waals surface area contributed by atoms with E-state index in [1.807, 2.05) is 6.07 Å². The quantitative estimate of drug-likeness (QED) is 0.345. The molecule has 5 rings (SSSR count). The molecule has 4 heteroatoms. The highest BCUT2D eigenvalue weighted by molar-refractivity contribution is 6.25. The molecule has 0 amide bonds. The lowest BCUT2D eigenvalue weighted by Crippen LogP contribution is -2.29. The second-order valence-electron chi connectivity index (χ2n) is 6.46. The Labute approximate surface area is 144 Å². The zero-order valence-corrected chi connectivity index (χ0v) is 13.5. The molecule has 0 unspecified atom stereocenters. The van der Waals surface area contributed by atoms with Crippen LogP contribution in [0.1, 0.15) is 5.56 Å². The third-order valence-corrected chi connectivity index (χ3v) is 5.25. The molecule has 122 valence electrons. The third kappa shape index (κ3) is 1.45. The highest BCUT2D eigenvalue weighted by Gasteiger charge is 2.20. The average Bonchev–Trinajstić information content (AvgIpc) is 3.02. The van der Waals surface area contributed by atoms with Crippen molar-refractivity contribution in [2.75, 3.05) is 0 Å². The van der Waals surface area contributed by atoms with Crippen LogP contribution >= 0.6 is 0 Å². The first kappa shape index (κ1) is 14.7. The molecule has 5 aromatic rings. The van der Waals surface area contributed by atoms with Crippen LogP contribution in [0.15, 0.2) is 56.1 Å². The number of fused-ring (bicyclic) bond motifs is 3. The summed E-state index contributed by atoms with van der Waals surface area (Å²) in [6.07, 6.45) is 1.56. The fourth-order valence-electron chi connectivity index (χ4n) is 4.08. The van der Waals surface area contributed by atoms with Crippen LogP contribution in [0.4, 0.5) is 0 Å². The lowest BCUT2D eigenvalue weighted by atomic mass is 9.93. The van der Waals surface area contributed by atoms with Crippen molar-refractivity contribution in [2.45, 2.75) is 0 Å². The summed E-state index contributed by atoms with van der Waals surface area (Å²) in [7, 11) is 0. The van der Waals surface area contributed by atoms with Crippen molar-refractivity contribution in [3.63, 3.8) is 0 Å². The van der Waals surface area contributed by atoms with E-state index in [4.69, 9.17) is 0 Å². The van der Waals surface area contributed by atoms with E-state index in [1.54, 1.807) is 30.3 Å². The van der Waals surface area contributed by atoms with Gasteiger partial charge in [0.2, 0.25) is 21.7 Å². The van der Waals surface area contributed by atoms with Crippen LogP contribution in [0, 0.1) is 0 Å². The minimum absolute atomic E-state index is 0.134. The minimum Gasteiger partial charge on any atom is -0.285 e. The number of hydrogen-bond donors (Lipinski definition) is 0. The summed E-state index contributed by atoms with van der Waals surface area (Å²) >= 11 is 0. The van der Waals surface area contributed by atoms with Gasteiger partial charge in [-0.2, -0.15) is 0 Å². The molecule has 0 fully saturated rings. The molecule has 0 aliphatic heterocycles. The number of benzene rings is 3. The van der Waals surface area contributed by atoms with Gasteiger partial charge in [-0.25, -0.2) is 0 Å². The topological polar surface area (TPSA) is 68.3 Å². The van der Waals surface area contributed by atoms with Gasteiger partial charge in [-0.15, -0.1) is 0 Å². The molecule has 0 atom stereocenters. The van der Waals surface area contributed by atoms with Gasteiger partial charge in [0, 0.05) is 32.1 Å². The van der Waals surface area contributed by atoms with Crippen LogP contribution in [-0.4, -0.2) is 0 Å². The second kappa shape index (κ2) is 4.49. The standard InChI is InChI=1S/C22H10O4/c1-3-10-13-7-16-18-11(5-4-6-12(18)20(24)22(16)26)14(13)8-15-17(10)9(2)19(23)21(15)25/h3-8H,1-2H2. The highest BCUT2D eigenvalue weighted by atomic mass is 16.2. The van der Waals surface area contributed by atoms with Crippen LogP contribution in [0.5, 0.6) is 0 Å². The molecule has 0 saturated heterocycles. The number of rotatable bonds is 1. The Morgan fingerprint density at radius 1 is 0.654 bits per heavy atom. The monoisotopic (exact) mass is 338 g/mol. The molecule has 0 aliphatic rings. The van der Waals surface area contributed by atoms with E-state index in [0.717, 1.165) is 0 Å². The summed E-state index contributed by atoms with van der Waals surface area (Å²) in [5.74, 6) is 0. The first-order chi connectivity index (χ1) is 12.5. The van der Waals surface area contributed by atoms with Crippen molar-refractivity contribution >= 4 is 55.7 Å². The Morgan fingerprint density at radius 3 is 1.96 bits per heavy atom. The first-order valence-corrected chi connectivity index (χ1v) is 8.02. The summed E-state index contributed by atoms with van der Waals surface area (Å²) in [5, 5.41) is 4.28. The second-order valence-corrected chi connectivity index (χ2v) is 6.46. The molecule has 0 aliphatic carbocycles. The Bertz CT molecular complexity index is 1680. The molecule has 0 aromatic heterocycles. The maximum absolute atomic E-state index is 12.4. The lowest BCUT2D eigenvalue weighted by molar-refractivity contribution is 1.58. The summed E-state index contributed by atoms with van der Waals surface area (Å²) in [5.41, 5.74) is -1.70. The van der Waals surface area contributed by atoms with Crippen molar-refractivity contribution in [1.82, 2.24) is 0 Å². The molecular weight excluding hydrogens is 328 g/mol. The normalized spacial score (nSPS) is 12.0. The van der Waals surface area contributed by atoms with Crippen LogP contribution in [0.25, 0.3) is 55.7 Å². The van der Waals surface area contributed by atoms with E-state index in [0.29, 0.717) is 48.7 Å². The summed E-state index contributed by atoms with van der Waals surface area (Å²) < 4.78 is 0. The van der Waals surface area contributed by atoms with E-state index >= 15 is 0 Å². The van der Waals surface area contributed by atoms with Crippen molar-refractivity contribution in [3.05, 3.63) is 88.6 Å². The van der Waals surface area contributed by atoms with E-state index in [9.17, 15) is 19.2 Å². The molecular formula is C22H10O4. The Kier molecular flexibility index (Phi) is 2.53. The molecule has 5 aromatic carbocycles. The van der Waals surface area contributed by atoms with Crippen molar-refractivity contribution in [3.8, 4) is 0 Å². The molecule has 0 N–H and O–H groups in total. The SMILES string of the molecule is C=Cc1c2cc3c(=O)c(=O)c4cccc(c2cc2c(=O)c(=O)c(=C)c12)c43. The van der Waals surface area contributed by atoms with Gasteiger partial charge in [-0.3, -0.25) is 19.2 Å². The van der Waals surface area contributed by atoms with Gasteiger partial charge in [-0.05, 0) is 33.9 Å². The molecule has 0 bridgehead atoms. The molecule has 4 nitrogen and oxygen atoms in total. The third-order valence-electron chi connectivity index (χ3n) is 5.25. The molecule has 0 spiro atoms. The van der Waals surface area contributed by atoms with Gasteiger partial charge in [0.25, 0.3) is 0 Å². The average molecular weight is 338 g/mol. The number of hydrogen-bond acceptors (Lipinski definition) is 4. The Morgan fingerprint density at radius 2 is 1.23 bits per heavy atom. The van der Waals surface area contributed by atoms with Gasteiger partial charge in [0.05, 0.1) is 0 Å². The van der Waals surface area contributed by atoms with Crippen molar-refractivity contribution in [1.29, 1.82) is 0 Å². The first-order valence-electron chi connectivity index (χ1n) is 8.02. The molecule has 0 heterocycles. The molecule has 0 radical (unpaired) electrons. The van der Waals surface area contributed by atoms with Gasteiger partial charge in [-0.1, -0.05) is 37.4 Å². The summed E-state index contributed by atoms with van der Waals surface area (Å²) in [4.78, 5) is 49.2. The van der Waals surface area contributed by atoms with E-state index in [2.05, 4.69) is 13.2 Å². The predicted molar refractivity (Wildman–Crippen MR) is 106 cm³/mol. The van der Waals surface area contributed by atoms with Crippen LogP contribution < -0.4 is 26.9 Å². The van der Waals surface area contributed by atoms with Crippen LogP contribution in [0.3, 0.4) is 0 Å². The van der Waals surface area contributed by atoms with Crippen LogP contribution in [0.2, 0.25) is 0 Å². The van der Waals surface area contributed by atoms with Gasteiger partial charge < -0.3 is 0 Å². The van der Waals surface area contributed by atoms with E-state index in [-0.39, 0.29) is 5.22 Å². The molecule has 0 saturated carbocycles. The fraction of sp³-hybridized carbons (Fsp3) is 0. The largest absolute Gasteiger partial charge is 0.285 e. The predicted octanol–water partition coefficient (Wildman–Crippen LogP) is 1.83. The van der Waals surface area contributed by atoms with E-state index in [1.165, 1.54) is 0 Å². The van der Waals surface area contributed by atoms with E-state index < -0.39 is 21.7 Å². The smallest absolute Gasteiger partial charge is 0.234 e. The van der Waals surface area contributed by atoms with Gasteiger partial charge in [0.15, 0.2) is 0 Å². The van der Waals surface area contributed by atoms with Gasteiger partial charge >= 0.3 is 0 Å². The zero-order chi connectivity index (χ0) is 18.3. The maximum atomic E-state index is 12.4. The minimum atomic E-state index is -0.623. The summed E-state index contributed by atoms with van der Waals surface area (Å²) in [6, 6.07) is 8.47. The highest BCUT2D eigenvalue weighted by Crippen LogP contribution is 2.35. The van der Waals surface area contributed by atoms with Crippen molar-refractivity contribution in [2.24, 2.45) is 0 Å². The molecule has 26 heavy (non-hydrogen) atoms. The van der Waals surface area contributed by atoms with Crippen molar-refractivity contribution < 1.29 is 0 Å².